The summed E-state index contributed by atoms with van der Waals surface area (Å²) in [4.78, 5) is 21.0. The van der Waals surface area contributed by atoms with Crippen LogP contribution in [0, 0.1) is 0 Å². The standard InChI is InChI=1S/C14H28O4/c1-8-9-10-11-12(15-17-13(2,3)4)16-18-14(5,6)7/h9-10,12H,8,11H2,1-7H3/b10-9+. The topological polar surface area (TPSA) is 36.9 Å². The lowest BCUT2D eigenvalue weighted by Crippen LogP contribution is -2.29. The van der Waals surface area contributed by atoms with E-state index in [0.29, 0.717) is 6.42 Å². The zero-order valence-corrected chi connectivity index (χ0v) is 12.8. The van der Waals surface area contributed by atoms with Crippen molar-refractivity contribution in [1.82, 2.24) is 0 Å². The molecule has 0 fully saturated rings. The van der Waals surface area contributed by atoms with E-state index in [2.05, 4.69) is 6.92 Å². The Morgan fingerprint density at radius 2 is 1.28 bits per heavy atom. The van der Waals surface area contributed by atoms with Crippen molar-refractivity contribution < 1.29 is 19.6 Å². The van der Waals surface area contributed by atoms with Gasteiger partial charge in [0.15, 0.2) is 0 Å². The number of rotatable bonds is 7. The van der Waals surface area contributed by atoms with Crippen molar-refractivity contribution in [2.24, 2.45) is 0 Å². The summed E-state index contributed by atoms with van der Waals surface area (Å²) in [5, 5.41) is 0. The molecule has 0 amide bonds. The number of allylic oxidation sites excluding steroid dienone is 1. The lowest BCUT2D eigenvalue weighted by molar-refractivity contribution is -0.496. The fraction of sp³-hybridized carbons (Fsp3) is 0.857. The molecule has 108 valence electrons. The van der Waals surface area contributed by atoms with E-state index in [4.69, 9.17) is 19.6 Å². The van der Waals surface area contributed by atoms with Crippen molar-refractivity contribution in [1.29, 1.82) is 0 Å². The Balaban J connectivity index is 4.20. The molecule has 0 aromatic rings. The Morgan fingerprint density at radius 1 is 0.833 bits per heavy atom. The van der Waals surface area contributed by atoms with Crippen LogP contribution < -0.4 is 0 Å². The zero-order valence-electron chi connectivity index (χ0n) is 12.8. The molecule has 0 heterocycles. The Bertz CT molecular complexity index is 217. The summed E-state index contributed by atoms with van der Waals surface area (Å²) in [7, 11) is 0. The predicted octanol–water partition coefficient (Wildman–Crippen LogP) is 4.16. The minimum Gasteiger partial charge on any atom is -0.228 e. The summed E-state index contributed by atoms with van der Waals surface area (Å²) in [5.74, 6) is 0. The molecule has 0 radical (unpaired) electrons. The third-order valence-electron chi connectivity index (χ3n) is 1.54. The summed E-state index contributed by atoms with van der Waals surface area (Å²) < 4.78 is 0. The molecular formula is C14H28O4. The van der Waals surface area contributed by atoms with E-state index >= 15 is 0 Å². The van der Waals surface area contributed by atoms with Crippen molar-refractivity contribution in [3.8, 4) is 0 Å². The molecule has 0 aromatic heterocycles. The lowest BCUT2D eigenvalue weighted by Gasteiger charge is -2.25. The number of hydrogen-bond donors (Lipinski definition) is 0. The van der Waals surface area contributed by atoms with Crippen LogP contribution in [0.2, 0.25) is 0 Å². The maximum absolute atomic E-state index is 5.25. The normalized spacial score (nSPS) is 13.8. The number of hydrogen-bond acceptors (Lipinski definition) is 4. The van der Waals surface area contributed by atoms with Gasteiger partial charge >= 0.3 is 0 Å². The van der Waals surface area contributed by atoms with Crippen molar-refractivity contribution >= 4 is 0 Å². The third kappa shape index (κ3) is 12.0. The average molecular weight is 260 g/mol. The van der Waals surface area contributed by atoms with Crippen molar-refractivity contribution in [3.05, 3.63) is 12.2 Å². The van der Waals surface area contributed by atoms with Gasteiger partial charge in [-0.2, -0.15) is 0 Å². The maximum atomic E-state index is 5.25. The van der Waals surface area contributed by atoms with E-state index < -0.39 is 6.29 Å². The largest absolute Gasteiger partial charge is 0.228 e. The molecule has 0 aliphatic carbocycles. The third-order valence-corrected chi connectivity index (χ3v) is 1.54. The Kier molecular flexibility index (Phi) is 7.71. The quantitative estimate of drug-likeness (QED) is 0.298. The van der Waals surface area contributed by atoms with Gasteiger partial charge in [0.05, 0.1) is 11.2 Å². The van der Waals surface area contributed by atoms with E-state index in [1.165, 1.54) is 0 Å². The first-order valence-corrected chi connectivity index (χ1v) is 6.48. The van der Waals surface area contributed by atoms with Crippen LogP contribution in [0.3, 0.4) is 0 Å². The SMILES string of the molecule is CC/C=C/CC(OOC(C)(C)C)OOC(C)(C)C. The smallest absolute Gasteiger partial charge is 0.227 e. The first-order chi connectivity index (χ1) is 8.14. The molecule has 0 bridgehead atoms. The van der Waals surface area contributed by atoms with E-state index in [-0.39, 0.29) is 11.2 Å². The first-order valence-electron chi connectivity index (χ1n) is 6.48. The van der Waals surface area contributed by atoms with Crippen LogP contribution in [-0.2, 0) is 19.6 Å². The van der Waals surface area contributed by atoms with Gasteiger partial charge < -0.3 is 0 Å². The molecule has 0 rings (SSSR count). The molecule has 0 aliphatic rings. The molecule has 0 unspecified atom stereocenters. The van der Waals surface area contributed by atoms with Gasteiger partial charge in [-0.25, -0.2) is 19.6 Å². The van der Waals surface area contributed by atoms with Gasteiger partial charge in [0.1, 0.15) is 0 Å². The Hall–Kier alpha value is -0.420. The van der Waals surface area contributed by atoms with Gasteiger partial charge in [0.2, 0.25) is 6.29 Å². The van der Waals surface area contributed by atoms with Gasteiger partial charge in [0.25, 0.3) is 0 Å². The van der Waals surface area contributed by atoms with Gasteiger partial charge in [0, 0.05) is 6.42 Å². The molecule has 0 saturated carbocycles. The predicted molar refractivity (Wildman–Crippen MR) is 71.7 cm³/mol. The average Bonchev–Trinajstić information content (AvgIpc) is 2.19. The second kappa shape index (κ2) is 7.89. The van der Waals surface area contributed by atoms with E-state index in [1.54, 1.807) is 0 Å². The monoisotopic (exact) mass is 260 g/mol. The molecule has 0 spiro atoms. The highest BCUT2D eigenvalue weighted by molar-refractivity contribution is 4.80. The first kappa shape index (κ1) is 17.6. The molecule has 0 N–H and O–H groups in total. The summed E-state index contributed by atoms with van der Waals surface area (Å²) in [6, 6.07) is 0. The van der Waals surface area contributed by atoms with Crippen LogP contribution in [0.1, 0.15) is 61.3 Å². The van der Waals surface area contributed by atoms with Crippen molar-refractivity contribution in [2.45, 2.75) is 78.8 Å². The molecule has 4 nitrogen and oxygen atoms in total. The van der Waals surface area contributed by atoms with Crippen LogP contribution in [0.15, 0.2) is 12.2 Å². The van der Waals surface area contributed by atoms with Crippen LogP contribution >= 0.6 is 0 Å². The van der Waals surface area contributed by atoms with Crippen LogP contribution in [-0.4, -0.2) is 17.5 Å². The fourth-order valence-corrected chi connectivity index (χ4v) is 0.865. The summed E-state index contributed by atoms with van der Waals surface area (Å²) >= 11 is 0. The summed E-state index contributed by atoms with van der Waals surface area (Å²) in [6.45, 7) is 13.6. The van der Waals surface area contributed by atoms with Gasteiger partial charge in [-0.1, -0.05) is 19.1 Å². The Labute approximate surface area is 111 Å². The van der Waals surface area contributed by atoms with Gasteiger partial charge in [-0.3, -0.25) is 0 Å². The van der Waals surface area contributed by atoms with Crippen LogP contribution in [0.4, 0.5) is 0 Å². The molecule has 0 saturated heterocycles. The molecule has 0 atom stereocenters. The zero-order chi connectivity index (χ0) is 14.2. The van der Waals surface area contributed by atoms with Crippen molar-refractivity contribution in [2.75, 3.05) is 0 Å². The Morgan fingerprint density at radius 3 is 1.61 bits per heavy atom. The molecule has 18 heavy (non-hydrogen) atoms. The molecule has 0 aromatic carbocycles. The minimum absolute atomic E-state index is 0.377. The van der Waals surface area contributed by atoms with Crippen LogP contribution in [0.25, 0.3) is 0 Å². The highest BCUT2D eigenvalue weighted by Gasteiger charge is 2.20. The van der Waals surface area contributed by atoms with Gasteiger partial charge in [-0.05, 0) is 48.0 Å². The highest BCUT2D eigenvalue weighted by Crippen LogP contribution is 2.15. The highest BCUT2D eigenvalue weighted by atomic mass is 17.3. The summed E-state index contributed by atoms with van der Waals surface area (Å²) in [6.07, 6.45) is 5.04. The lowest BCUT2D eigenvalue weighted by atomic mass is 10.2. The second-order valence-electron chi connectivity index (χ2n) is 6.13. The minimum atomic E-state index is -0.564. The molecule has 4 heteroatoms. The summed E-state index contributed by atoms with van der Waals surface area (Å²) in [5.41, 5.74) is -0.754. The second-order valence-corrected chi connectivity index (χ2v) is 6.13. The molecule has 0 aliphatic heterocycles. The molecular weight excluding hydrogens is 232 g/mol. The van der Waals surface area contributed by atoms with Gasteiger partial charge in [-0.15, -0.1) is 0 Å². The van der Waals surface area contributed by atoms with Crippen molar-refractivity contribution in [3.63, 3.8) is 0 Å². The van der Waals surface area contributed by atoms with Crippen LogP contribution in [0.5, 0.6) is 0 Å². The van der Waals surface area contributed by atoms with E-state index in [0.717, 1.165) is 6.42 Å². The fourth-order valence-electron chi connectivity index (χ4n) is 0.865. The van der Waals surface area contributed by atoms with E-state index in [1.807, 2.05) is 53.7 Å². The maximum Gasteiger partial charge on any atom is 0.227 e. The van der Waals surface area contributed by atoms with E-state index in [9.17, 15) is 0 Å².